The Bertz CT molecular complexity index is 1000. The van der Waals surface area contributed by atoms with Crippen LogP contribution in [0.3, 0.4) is 0 Å². The first-order valence-electron chi connectivity index (χ1n) is 10.6. The number of aromatic nitrogens is 3. The highest BCUT2D eigenvalue weighted by Crippen LogP contribution is 2.35. The van der Waals surface area contributed by atoms with Crippen molar-refractivity contribution in [3.8, 4) is 0 Å². The van der Waals surface area contributed by atoms with E-state index in [0.717, 1.165) is 60.0 Å². The fourth-order valence-electron chi connectivity index (χ4n) is 4.86. The number of aromatic amines is 1. The standard InChI is InChI=1S/C21H26N6O2S/c1-2-18(28)27-8-5-14-4-7-26(11-16(14)27)21(29)17-12-25(9-10-30-17)20-15-3-6-22-19(15)23-13-24-20/h3,6,12-14,16H,2,4-5,7-11H2,1H3,(H,22,23,24)/t14-,16-/m0/s1. The number of fused-ring (bicyclic) bond motifs is 2. The van der Waals surface area contributed by atoms with E-state index in [0.29, 0.717) is 18.9 Å². The number of likely N-dealkylation sites (tertiary alicyclic amines) is 2. The topological polar surface area (TPSA) is 85.4 Å². The van der Waals surface area contributed by atoms with Crippen molar-refractivity contribution in [2.75, 3.05) is 36.8 Å². The second kappa shape index (κ2) is 7.94. The van der Waals surface area contributed by atoms with Crippen LogP contribution in [-0.2, 0) is 9.59 Å². The second-order valence-corrected chi connectivity index (χ2v) is 9.21. The summed E-state index contributed by atoms with van der Waals surface area (Å²) >= 11 is 1.60. The van der Waals surface area contributed by atoms with Crippen molar-refractivity contribution in [3.05, 3.63) is 29.7 Å². The highest BCUT2D eigenvalue weighted by atomic mass is 32.2. The number of carbonyl (C=O) groups is 2. The number of thioether (sulfide) groups is 1. The fourth-order valence-corrected chi connectivity index (χ4v) is 5.82. The molecular formula is C21H26N6O2S. The molecular weight excluding hydrogens is 400 g/mol. The Morgan fingerprint density at radius 1 is 1.23 bits per heavy atom. The largest absolute Gasteiger partial charge is 0.346 e. The van der Waals surface area contributed by atoms with Crippen LogP contribution in [-0.4, -0.2) is 74.5 Å². The molecule has 2 amide bonds. The molecule has 2 aromatic rings. The number of hydrogen-bond acceptors (Lipinski definition) is 6. The lowest BCUT2D eigenvalue weighted by Gasteiger charge is -2.39. The van der Waals surface area contributed by atoms with Crippen molar-refractivity contribution in [2.24, 2.45) is 5.92 Å². The average Bonchev–Trinajstić information content (AvgIpc) is 3.44. The van der Waals surface area contributed by atoms with Gasteiger partial charge in [-0.3, -0.25) is 9.59 Å². The SMILES string of the molecule is CCC(=O)N1CC[C@@H]2CCN(C(=O)C3=CN(c4ncnc5[nH]ccc45)CCS3)C[C@@H]21. The molecule has 2 saturated heterocycles. The molecule has 1 N–H and O–H groups in total. The molecule has 30 heavy (non-hydrogen) atoms. The molecule has 2 fully saturated rings. The molecule has 0 unspecified atom stereocenters. The number of carbonyl (C=O) groups excluding carboxylic acids is 2. The van der Waals surface area contributed by atoms with Crippen molar-refractivity contribution in [3.63, 3.8) is 0 Å². The fraction of sp³-hybridized carbons (Fsp3) is 0.524. The van der Waals surface area contributed by atoms with Crippen LogP contribution >= 0.6 is 11.8 Å². The molecule has 8 nitrogen and oxygen atoms in total. The molecule has 0 aliphatic carbocycles. The van der Waals surface area contributed by atoms with Crippen LogP contribution in [0.25, 0.3) is 11.0 Å². The number of rotatable bonds is 3. The Morgan fingerprint density at radius 2 is 2.10 bits per heavy atom. The molecule has 3 aliphatic heterocycles. The van der Waals surface area contributed by atoms with Gasteiger partial charge in [0.2, 0.25) is 5.91 Å². The van der Waals surface area contributed by atoms with Crippen LogP contribution in [0.4, 0.5) is 5.82 Å². The van der Waals surface area contributed by atoms with Gasteiger partial charge in [-0.2, -0.15) is 0 Å². The Balaban J connectivity index is 1.35. The number of amides is 2. The first-order valence-corrected chi connectivity index (χ1v) is 11.6. The van der Waals surface area contributed by atoms with Crippen molar-refractivity contribution in [2.45, 2.75) is 32.2 Å². The molecule has 158 valence electrons. The van der Waals surface area contributed by atoms with Crippen LogP contribution in [0.2, 0.25) is 0 Å². The van der Waals surface area contributed by atoms with Gasteiger partial charge in [-0.25, -0.2) is 9.97 Å². The van der Waals surface area contributed by atoms with Crippen LogP contribution < -0.4 is 4.90 Å². The summed E-state index contributed by atoms with van der Waals surface area (Å²) in [5, 5.41) is 0.952. The molecule has 0 radical (unpaired) electrons. The van der Waals surface area contributed by atoms with Gasteiger partial charge in [-0.1, -0.05) is 6.92 Å². The molecule has 3 aliphatic rings. The van der Waals surface area contributed by atoms with E-state index in [1.807, 2.05) is 35.2 Å². The third kappa shape index (κ3) is 3.34. The summed E-state index contributed by atoms with van der Waals surface area (Å²) < 4.78 is 0. The van der Waals surface area contributed by atoms with Crippen LogP contribution in [0.15, 0.2) is 29.7 Å². The summed E-state index contributed by atoms with van der Waals surface area (Å²) in [5.74, 6) is 2.44. The number of hydrogen-bond donors (Lipinski definition) is 1. The van der Waals surface area contributed by atoms with Crippen molar-refractivity contribution in [1.29, 1.82) is 0 Å². The first kappa shape index (κ1) is 19.4. The van der Waals surface area contributed by atoms with Gasteiger partial charge in [0.25, 0.3) is 5.91 Å². The summed E-state index contributed by atoms with van der Waals surface area (Å²) in [5.41, 5.74) is 0.795. The summed E-state index contributed by atoms with van der Waals surface area (Å²) in [6, 6.07) is 2.13. The molecule has 0 bridgehead atoms. The third-order valence-electron chi connectivity index (χ3n) is 6.45. The van der Waals surface area contributed by atoms with E-state index in [4.69, 9.17) is 0 Å². The maximum atomic E-state index is 13.3. The monoisotopic (exact) mass is 426 g/mol. The predicted molar refractivity (Wildman–Crippen MR) is 117 cm³/mol. The van der Waals surface area contributed by atoms with E-state index in [1.165, 1.54) is 0 Å². The van der Waals surface area contributed by atoms with Crippen molar-refractivity contribution in [1.82, 2.24) is 24.8 Å². The summed E-state index contributed by atoms with van der Waals surface area (Å²) in [7, 11) is 0. The van der Waals surface area contributed by atoms with E-state index < -0.39 is 0 Å². The zero-order valence-electron chi connectivity index (χ0n) is 17.1. The Labute approximate surface area is 179 Å². The summed E-state index contributed by atoms with van der Waals surface area (Å²) in [6.07, 6.45) is 7.90. The van der Waals surface area contributed by atoms with Gasteiger partial charge >= 0.3 is 0 Å². The van der Waals surface area contributed by atoms with Gasteiger partial charge in [0.1, 0.15) is 17.8 Å². The molecule has 2 aromatic heterocycles. The predicted octanol–water partition coefficient (Wildman–Crippen LogP) is 2.21. The number of nitrogens with zero attached hydrogens (tertiary/aromatic N) is 5. The second-order valence-electron chi connectivity index (χ2n) is 8.07. The van der Waals surface area contributed by atoms with Crippen LogP contribution in [0, 0.1) is 5.92 Å². The van der Waals surface area contributed by atoms with E-state index in [1.54, 1.807) is 18.1 Å². The minimum absolute atomic E-state index is 0.0679. The number of anilines is 1. The van der Waals surface area contributed by atoms with Crippen molar-refractivity contribution < 1.29 is 9.59 Å². The minimum atomic E-state index is 0.0679. The smallest absolute Gasteiger partial charge is 0.261 e. The lowest BCUT2D eigenvalue weighted by atomic mass is 9.92. The Morgan fingerprint density at radius 3 is 2.97 bits per heavy atom. The maximum absolute atomic E-state index is 13.3. The normalized spacial score (nSPS) is 24.2. The van der Waals surface area contributed by atoms with Gasteiger partial charge in [0.05, 0.1) is 16.3 Å². The third-order valence-corrected chi connectivity index (χ3v) is 7.43. The number of H-pyrrole nitrogens is 1. The highest BCUT2D eigenvalue weighted by Gasteiger charge is 2.41. The molecule has 0 spiro atoms. The van der Waals surface area contributed by atoms with Crippen LogP contribution in [0.5, 0.6) is 0 Å². The summed E-state index contributed by atoms with van der Waals surface area (Å²) in [6.45, 7) is 4.94. The zero-order chi connectivity index (χ0) is 20.7. The molecule has 5 rings (SSSR count). The Hall–Kier alpha value is -2.55. The molecule has 0 saturated carbocycles. The van der Waals surface area contributed by atoms with Gasteiger partial charge < -0.3 is 19.7 Å². The Kier molecular flexibility index (Phi) is 5.14. The van der Waals surface area contributed by atoms with Crippen LogP contribution in [0.1, 0.15) is 26.2 Å². The minimum Gasteiger partial charge on any atom is -0.346 e. The molecule has 0 aromatic carbocycles. The van der Waals surface area contributed by atoms with E-state index >= 15 is 0 Å². The molecule has 5 heterocycles. The van der Waals surface area contributed by atoms with Gasteiger partial charge in [0.15, 0.2) is 0 Å². The van der Waals surface area contributed by atoms with Gasteiger partial charge in [0, 0.05) is 50.7 Å². The lowest BCUT2D eigenvalue weighted by Crippen LogP contribution is -2.51. The number of nitrogens with one attached hydrogen (secondary N) is 1. The average molecular weight is 427 g/mol. The van der Waals surface area contributed by atoms with E-state index in [-0.39, 0.29) is 17.9 Å². The summed E-state index contributed by atoms with van der Waals surface area (Å²) in [4.78, 5) is 44.2. The van der Waals surface area contributed by atoms with E-state index in [2.05, 4.69) is 19.9 Å². The number of piperidine rings is 1. The molecule has 2 atom stereocenters. The van der Waals surface area contributed by atoms with E-state index in [9.17, 15) is 9.59 Å². The highest BCUT2D eigenvalue weighted by molar-refractivity contribution is 8.04. The molecule has 9 heteroatoms. The van der Waals surface area contributed by atoms with Gasteiger partial charge in [-0.05, 0) is 24.8 Å². The maximum Gasteiger partial charge on any atom is 0.261 e. The zero-order valence-corrected chi connectivity index (χ0v) is 17.9. The first-order chi connectivity index (χ1) is 14.7. The van der Waals surface area contributed by atoms with Crippen molar-refractivity contribution >= 4 is 40.4 Å². The van der Waals surface area contributed by atoms with Gasteiger partial charge in [-0.15, -0.1) is 11.8 Å². The lowest BCUT2D eigenvalue weighted by molar-refractivity contribution is -0.136. The quantitative estimate of drug-likeness (QED) is 0.810.